The van der Waals surface area contributed by atoms with Crippen LogP contribution in [-0.2, 0) is 9.53 Å². The van der Waals surface area contributed by atoms with E-state index in [0.29, 0.717) is 0 Å². The van der Waals surface area contributed by atoms with Crippen LogP contribution in [0.3, 0.4) is 0 Å². The predicted molar refractivity (Wildman–Crippen MR) is 31.9 cm³/mol. The highest BCUT2D eigenvalue weighted by molar-refractivity contribution is 5.67. The fourth-order valence-corrected chi connectivity index (χ4v) is 0.369. The summed E-state index contributed by atoms with van der Waals surface area (Å²) in [5.41, 5.74) is 0. The van der Waals surface area contributed by atoms with Gasteiger partial charge in [-0.05, 0) is 0 Å². The molecule has 1 N–H and O–H groups in total. The maximum absolute atomic E-state index is 9.95. The third-order valence-corrected chi connectivity index (χ3v) is 0.830. The molecule has 0 saturated carbocycles. The van der Waals surface area contributed by atoms with Crippen molar-refractivity contribution in [1.82, 2.24) is 0 Å². The number of ether oxygens (including phenoxy) is 1. The van der Waals surface area contributed by atoms with E-state index in [2.05, 4.69) is 10.7 Å². The van der Waals surface area contributed by atoms with Crippen molar-refractivity contribution in [1.29, 1.82) is 0 Å². The summed E-state index contributed by atoms with van der Waals surface area (Å²) in [5.74, 6) is 1.24. The maximum Gasteiger partial charge on any atom is 0.307 e. The lowest BCUT2D eigenvalue weighted by atomic mass is 10.3. The van der Waals surface area contributed by atoms with Crippen LogP contribution in [-0.4, -0.2) is 24.3 Å². The van der Waals surface area contributed by atoms with E-state index in [9.17, 15) is 4.79 Å². The summed E-state index contributed by atoms with van der Waals surface area (Å²) < 4.78 is 4.59. The van der Waals surface area contributed by atoms with Crippen molar-refractivity contribution < 1.29 is 14.6 Å². The second-order valence-corrected chi connectivity index (χ2v) is 1.49. The van der Waals surface area contributed by atoms with E-state index in [1.807, 2.05) is 0 Å². The van der Waals surface area contributed by atoms with E-state index in [-0.39, 0.29) is 6.42 Å². The van der Waals surface area contributed by atoms with Crippen LogP contribution < -0.4 is 0 Å². The molecule has 0 saturated heterocycles. The first kappa shape index (κ1) is 7.99. The van der Waals surface area contributed by atoms with Gasteiger partial charge in [-0.25, -0.2) is 0 Å². The van der Waals surface area contributed by atoms with Crippen molar-refractivity contribution in [3.05, 3.63) is 0 Å². The van der Waals surface area contributed by atoms with Crippen LogP contribution in [0.15, 0.2) is 0 Å². The minimum Gasteiger partial charge on any atom is -0.481 e. The smallest absolute Gasteiger partial charge is 0.307 e. The fourth-order valence-electron chi connectivity index (χ4n) is 0.369. The number of hydrogen-bond acceptors (Lipinski definition) is 2. The van der Waals surface area contributed by atoms with Gasteiger partial charge in [0.2, 0.25) is 0 Å². The quantitative estimate of drug-likeness (QED) is 0.549. The van der Waals surface area contributed by atoms with Crippen LogP contribution >= 0.6 is 0 Å². The standard InChI is InChI=1S/C6H8O3/c1-3-5(9-2)4-6(7)8/h1,5H,4H2,2H3,(H,7,8). The number of terminal acetylenes is 1. The molecule has 0 fully saturated rings. The highest BCUT2D eigenvalue weighted by atomic mass is 16.5. The molecule has 9 heavy (non-hydrogen) atoms. The van der Waals surface area contributed by atoms with Gasteiger partial charge in [-0.3, -0.25) is 4.79 Å². The van der Waals surface area contributed by atoms with E-state index >= 15 is 0 Å². The number of aliphatic carboxylic acids is 1. The van der Waals surface area contributed by atoms with Gasteiger partial charge in [-0.1, -0.05) is 5.92 Å². The largest absolute Gasteiger partial charge is 0.481 e. The van der Waals surface area contributed by atoms with Gasteiger partial charge in [0.25, 0.3) is 0 Å². The number of rotatable bonds is 3. The van der Waals surface area contributed by atoms with Gasteiger partial charge in [0.1, 0.15) is 6.10 Å². The molecule has 0 aliphatic heterocycles. The monoisotopic (exact) mass is 128 g/mol. The van der Waals surface area contributed by atoms with E-state index in [1.54, 1.807) is 0 Å². The lowest BCUT2D eigenvalue weighted by Crippen LogP contribution is -2.12. The van der Waals surface area contributed by atoms with Gasteiger partial charge in [0.15, 0.2) is 0 Å². The molecule has 0 radical (unpaired) electrons. The summed E-state index contributed by atoms with van der Waals surface area (Å²) in [7, 11) is 1.38. The average molecular weight is 128 g/mol. The third-order valence-electron chi connectivity index (χ3n) is 0.830. The molecule has 0 bridgehead atoms. The molecule has 0 rings (SSSR count). The Bertz CT molecular complexity index is 134. The molecule has 0 aromatic rings. The predicted octanol–water partition coefficient (Wildman–Crippen LogP) is 0.109. The minimum atomic E-state index is -0.945. The van der Waals surface area contributed by atoms with Crippen LogP contribution in [0.1, 0.15) is 6.42 Å². The minimum absolute atomic E-state index is 0.132. The molecular weight excluding hydrogens is 120 g/mol. The van der Waals surface area contributed by atoms with Gasteiger partial charge >= 0.3 is 5.97 Å². The van der Waals surface area contributed by atoms with Gasteiger partial charge in [-0.15, -0.1) is 6.42 Å². The van der Waals surface area contributed by atoms with Crippen molar-refractivity contribution in [2.75, 3.05) is 7.11 Å². The highest BCUT2D eigenvalue weighted by Crippen LogP contribution is 1.93. The fraction of sp³-hybridized carbons (Fsp3) is 0.500. The molecular formula is C6H8O3. The Kier molecular flexibility index (Phi) is 3.49. The zero-order valence-electron chi connectivity index (χ0n) is 5.13. The van der Waals surface area contributed by atoms with E-state index in [1.165, 1.54) is 7.11 Å². The molecule has 0 aromatic carbocycles. The maximum atomic E-state index is 9.95. The Hall–Kier alpha value is -1.01. The van der Waals surface area contributed by atoms with Crippen LogP contribution in [0, 0.1) is 12.3 Å². The second-order valence-electron chi connectivity index (χ2n) is 1.49. The molecule has 1 unspecified atom stereocenters. The Labute approximate surface area is 53.6 Å². The summed E-state index contributed by atoms with van der Waals surface area (Å²) in [4.78, 5) is 9.95. The molecule has 0 aromatic heterocycles. The number of methoxy groups -OCH3 is 1. The molecule has 3 heteroatoms. The van der Waals surface area contributed by atoms with E-state index in [4.69, 9.17) is 11.5 Å². The molecule has 1 atom stereocenters. The summed E-state index contributed by atoms with van der Waals surface area (Å²) in [5, 5.41) is 8.17. The molecule has 0 heterocycles. The summed E-state index contributed by atoms with van der Waals surface area (Å²) in [6, 6.07) is 0. The third kappa shape index (κ3) is 3.56. The average Bonchev–Trinajstić information content (AvgIpc) is 1.82. The van der Waals surface area contributed by atoms with Gasteiger partial charge < -0.3 is 9.84 Å². The van der Waals surface area contributed by atoms with Crippen LogP contribution in [0.2, 0.25) is 0 Å². The second kappa shape index (κ2) is 3.93. The van der Waals surface area contributed by atoms with E-state index in [0.717, 1.165) is 0 Å². The first-order valence-electron chi connectivity index (χ1n) is 2.41. The molecule has 3 nitrogen and oxygen atoms in total. The Morgan fingerprint density at radius 3 is 2.67 bits per heavy atom. The first-order valence-corrected chi connectivity index (χ1v) is 2.41. The van der Waals surface area contributed by atoms with Crippen LogP contribution in [0.4, 0.5) is 0 Å². The lowest BCUT2D eigenvalue weighted by Gasteiger charge is -2.02. The highest BCUT2D eigenvalue weighted by Gasteiger charge is 2.06. The molecule has 50 valence electrons. The number of carboxylic acid groups (broad SMARTS) is 1. The molecule has 0 spiro atoms. The summed E-state index contributed by atoms with van der Waals surface area (Å²) in [6.07, 6.45) is 4.17. The molecule has 0 aliphatic carbocycles. The van der Waals surface area contributed by atoms with E-state index < -0.39 is 12.1 Å². The zero-order valence-corrected chi connectivity index (χ0v) is 5.13. The molecule has 0 aliphatic rings. The van der Waals surface area contributed by atoms with Crippen molar-refractivity contribution >= 4 is 5.97 Å². The van der Waals surface area contributed by atoms with Crippen molar-refractivity contribution in [3.8, 4) is 12.3 Å². The summed E-state index contributed by atoms with van der Waals surface area (Å²) in [6.45, 7) is 0. The lowest BCUT2D eigenvalue weighted by molar-refractivity contribution is -0.138. The topological polar surface area (TPSA) is 46.5 Å². The van der Waals surface area contributed by atoms with Gasteiger partial charge in [-0.2, -0.15) is 0 Å². The first-order chi connectivity index (χ1) is 4.20. The Balaban J connectivity index is 3.60. The van der Waals surface area contributed by atoms with Crippen molar-refractivity contribution in [3.63, 3.8) is 0 Å². The Morgan fingerprint density at radius 2 is 2.56 bits per heavy atom. The van der Waals surface area contributed by atoms with Gasteiger partial charge in [0.05, 0.1) is 6.42 Å². The summed E-state index contributed by atoms with van der Waals surface area (Å²) >= 11 is 0. The SMILES string of the molecule is C#CC(CC(=O)O)OC. The number of carbonyl (C=O) groups is 1. The van der Waals surface area contributed by atoms with Crippen LogP contribution in [0.5, 0.6) is 0 Å². The van der Waals surface area contributed by atoms with Gasteiger partial charge in [0, 0.05) is 7.11 Å². The van der Waals surface area contributed by atoms with Crippen LogP contribution in [0.25, 0.3) is 0 Å². The number of hydrogen-bond donors (Lipinski definition) is 1. The molecule has 0 amide bonds. The van der Waals surface area contributed by atoms with Crippen molar-refractivity contribution in [2.24, 2.45) is 0 Å². The Morgan fingerprint density at radius 1 is 2.00 bits per heavy atom. The number of carboxylic acids is 1. The van der Waals surface area contributed by atoms with Crippen molar-refractivity contribution in [2.45, 2.75) is 12.5 Å². The zero-order chi connectivity index (χ0) is 7.28. The normalized spacial score (nSPS) is 12.0.